The van der Waals surface area contributed by atoms with Gasteiger partial charge in [-0.15, -0.1) is 0 Å². The summed E-state index contributed by atoms with van der Waals surface area (Å²) in [6.07, 6.45) is 12.4. The van der Waals surface area contributed by atoms with Crippen LogP contribution >= 0.6 is 0 Å². The van der Waals surface area contributed by atoms with Crippen LogP contribution in [0.15, 0.2) is 99.7 Å². The average Bonchev–Trinajstić information content (AvgIpc) is 3.11. The summed E-state index contributed by atoms with van der Waals surface area (Å²) in [6, 6.07) is 16.9. The zero-order chi connectivity index (χ0) is 26.1. The topological polar surface area (TPSA) is 41.8 Å². The molecule has 3 heteroatoms. The highest BCUT2D eigenvalue weighted by atomic mass is 16.1. The van der Waals surface area contributed by atoms with E-state index >= 15 is 0 Å². The van der Waals surface area contributed by atoms with Gasteiger partial charge in [-0.3, -0.25) is 14.8 Å². The maximum absolute atomic E-state index is 13.0. The Morgan fingerprint density at radius 3 is 2.56 bits per heavy atom. The van der Waals surface area contributed by atoms with Crippen molar-refractivity contribution in [1.29, 1.82) is 0 Å². The summed E-state index contributed by atoms with van der Waals surface area (Å²) in [5.74, 6) is 0.458. The van der Waals surface area contributed by atoms with Gasteiger partial charge in [0.2, 0.25) is 0 Å². The molecule has 0 amide bonds. The number of hydrogen-bond acceptors (Lipinski definition) is 3. The van der Waals surface area contributed by atoms with Gasteiger partial charge >= 0.3 is 0 Å². The van der Waals surface area contributed by atoms with Crippen molar-refractivity contribution in [2.75, 3.05) is 7.05 Å². The highest BCUT2D eigenvalue weighted by Gasteiger charge is 2.15. The lowest BCUT2D eigenvalue weighted by Gasteiger charge is -2.13. The molecule has 0 N–H and O–H groups in total. The van der Waals surface area contributed by atoms with Crippen molar-refractivity contribution in [3.8, 4) is 0 Å². The molecule has 1 heterocycles. The molecule has 0 bridgehead atoms. The van der Waals surface area contributed by atoms with Crippen molar-refractivity contribution in [3.63, 3.8) is 0 Å². The number of carbonyl (C=O) groups is 1. The molecule has 0 aromatic heterocycles. The number of nitrogens with zero attached hydrogens (tertiary/aromatic N) is 2. The van der Waals surface area contributed by atoms with Crippen molar-refractivity contribution in [3.05, 3.63) is 112 Å². The fourth-order valence-electron chi connectivity index (χ4n) is 4.40. The molecule has 2 aromatic carbocycles. The van der Waals surface area contributed by atoms with E-state index in [1.54, 1.807) is 7.05 Å². The molecule has 1 atom stereocenters. The van der Waals surface area contributed by atoms with E-state index in [0.29, 0.717) is 17.9 Å². The van der Waals surface area contributed by atoms with Crippen LogP contribution < -0.4 is 0 Å². The summed E-state index contributed by atoms with van der Waals surface area (Å²) in [7, 11) is 1.76. The summed E-state index contributed by atoms with van der Waals surface area (Å²) in [5, 5.41) is 0. The number of rotatable bonds is 9. The fourth-order valence-corrected chi connectivity index (χ4v) is 4.40. The van der Waals surface area contributed by atoms with Crippen molar-refractivity contribution in [2.24, 2.45) is 9.98 Å². The minimum Gasteiger partial charge on any atom is -0.294 e. The second-order valence-corrected chi connectivity index (χ2v) is 9.48. The zero-order valence-corrected chi connectivity index (χ0v) is 22.5. The molecule has 1 aliphatic rings. The van der Waals surface area contributed by atoms with E-state index in [-0.39, 0.29) is 5.78 Å². The van der Waals surface area contributed by atoms with Gasteiger partial charge in [0.25, 0.3) is 0 Å². The number of carbonyl (C=O) groups excluding carboxylic acids is 1. The van der Waals surface area contributed by atoms with Crippen LogP contribution in [0.2, 0.25) is 0 Å². The Morgan fingerprint density at radius 1 is 1.14 bits per heavy atom. The van der Waals surface area contributed by atoms with Gasteiger partial charge in [-0.05, 0) is 73.9 Å². The third-order valence-electron chi connectivity index (χ3n) is 6.54. The quantitative estimate of drug-likeness (QED) is 0.204. The fraction of sp³-hybridized carbons (Fsp3) is 0.303. The minimum absolute atomic E-state index is 0.0985. The first kappa shape index (κ1) is 27.0. The first-order chi connectivity index (χ1) is 17.3. The predicted octanol–water partition coefficient (Wildman–Crippen LogP) is 8.16. The van der Waals surface area contributed by atoms with Crippen molar-refractivity contribution in [2.45, 2.75) is 59.8 Å². The van der Waals surface area contributed by atoms with Gasteiger partial charge in [-0.2, -0.15) is 0 Å². The number of aliphatic imine (C=N–C) groups is 2. The Kier molecular flexibility index (Phi) is 9.69. The number of allylic oxidation sites excluding steroid dienone is 7. The second-order valence-electron chi connectivity index (χ2n) is 9.48. The standard InChI is InChI=1S/C33H38N2O/c1-7-33(36)30(26(5)20-28-18-17-23(2)19-24(28)3)22-32(34-6)31-16-12-11-15-29(35-31)21-25(4)27-13-9-8-10-14-27/h8-10,12-20,22,25H,7,11,21H2,1-6H3/b26-20+,30-22-,34-32?/t25-/m0/s1. The van der Waals surface area contributed by atoms with Gasteiger partial charge in [0, 0.05) is 24.7 Å². The number of benzene rings is 2. The summed E-state index contributed by atoms with van der Waals surface area (Å²) >= 11 is 0. The molecular weight excluding hydrogens is 440 g/mol. The van der Waals surface area contributed by atoms with Crippen molar-refractivity contribution in [1.82, 2.24) is 0 Å². The van der Waals surface area contributed by atoms with E-state index in [1.807, 2.05) is 32.1 Å². The molecule has 186 valence electrons. The first-order valence-corrected chi connectivity index (χ1v) is 12.8. The van der Waals surface area contributed by atoms with E-state index in [1.165, 1.54) is 16.7 Å². The van der Waals surface area contributed by atoms with E-state index < -0.39 is 0 Å². The van der Waals surface area contributed by atoms with Gasteiger partial charge in [0.05, 0.1) is 11.4 Å². The van der Waals surface area contributed by atoms with Crippen LogP contribution in [0.3, 0.4) is 0 Å². The molecule has 0 aliphatic carbocycles. The SMILES string of the molecule is CCC(=O)C(=C\C(=NC)C1=NC(C[C@H](C)c2ccccc2)=CCC=C1)/C(C)=C/c1ccc(C)cc1C. The number of hydrogen-bond donors (Lipinski definition) is 0. The third kappa shape index (κ3) is 7.21. The molecule has 2 aromatic rings. The molecule has 3 nitrogen and oxygen atoms in total. The zero-order valence-electron chi connectivity index (χ0n) is 22.5. The van der Waals surface area contributed by atoms with E-state index in [0.717, 1.165) is 41.1 Å². The number of aryl methyl sites for hydroxylation is 2. The summed E-state index contributed by atoms with van der Waals surface area (Å²) in [6.45, 7) is 10.3. The van der Waals surface area contributed by atoms with Crippen LogP contribution in [0, 0.1) is 13.8 Å². The van der Waals surface area contributed by atoms with Crippen LogP contribution in [-0.4, -0.2) is 24.3 Å². The maximum atomic E-state index is 13.0. The van der Waals surface area contributed by atoms with E-state index in [4.69, 9.17) is 4.99 Å². The van der Waals surface area contributed by atoms with Crippen LogP contribution in [0.4, 0.5) is 0 Å². The van der Waals surface area contributed by atoms with E-state index in [9.17, 15) is 4.79 Å². The summed E-state index contributed by atoms with van der Waals surface area (Å²) < 4.78 is 0. The Bertz CT molecular complexity index is 1270. The molecule has 3 rings (SSSR count). The highest BCUT2D eigenvalue weighted by Crippen LogP contribution is 2.26. The molecule has 0 fully saturated rings. The Morgan fingerprint density at radius 2 is 1.89 bits per heavy atom. The van der Waals surface area contributed by atoms with Gasteiger partial charge in [0.15, 0.2) is 5.78 Å². The lowest BCUT2D eigenvalue weighted by molar-refractivity contribution is -0.115. The van der Waals surface area contributed by atoms with Crippen molar-refractivity contribution >= 4 is 23.3 Å². The number of Topliss-reactive ketones (excluding diaryl/α,β-unsaturated/α-hetero) is 1. The predicted molar refractivity (Wildman–Crippen MR) is 155 cm³/mol. The maximum Gasteiger partial charge on any atom is 0.162 e. The molecular formula is C33H38N2O. The van der Waals surface area contributed by atoms with Crippen LogP contribution in [0.5, 0.6) is 0 Å². The Hall–Kier alpha value is -3.59. The number of ketones is 1. The second kappa shape index (κ2) is 12.9. The lowest BCUT2D eigenvalue weighted by atomic mass is 9.95. The van der Waals surface area contributed by atoms with Gasteiger partial charge < -0.3 is 0 Å². The van der Waals surface area contributed by atoms with Gasteiger partial charge in [-0.25, -0.2) is 0 Å². The summed E-state index contributed by atoms with van der Waals surface area (Å²) in [4.78, 5) is 22.6. The Labute approximate surface area is 216 Å². The molecule has 0 unspecified atom stereocenters. The van der Waals surface area contributed by atoms with E-state index in [2.05, 4.69) is 86.5 Å². The molecule has 0 saturated carbocycles. The molecule has 1 aliphatic heterocycles. The molecule has 0 spiro atoms. The molecule has 0 saturated heterocycles. The first-order valence-electron chi connectivity index (χ1n) is 12.8. The molecule has 0 radical (unpaired) electrons. The van der Waals surface area contributed by atoms with Crippen LogP contribution in [0.1, 0.15) is 68.2 Å². The monoisotopic (exact) mass is 478 g/mol. The minimum atomic E-state index is 0.0985. The third-order valence-corrected chi connectivity index (χ3v) is 6.54. The largest absolute Gasteiger partial charge is 0.294 e. The molecule has 36 heavy (non-hydrogen) atoms. The van der Waals surface area contributed by atoms with Gasteiger partial charge in [-0.1, -0.05) is 86.2 Å². The normalized spacial score (nSPS) is 15.8. The lowest BCUT2D eigenvalue weighted by Crippen LogP contribution is -2.13. The Balaban J connectivity index is 1.94. The average molecular weight is 479 g/mol. The van der Waals surface area contributed by atoms with Gasteiger partial charge in [0.1, 0.15) is 0 Å². The smallest absolute Gasteiger partial charge is 0.162 e. The van der Waals surface area contributed by atoms with Crippen molar-refractivity contribution < 1.29 is 4.79 Å². The van der Waals surface area contributed by atoms with Crippen LogP contribution in [-0.2, 0) is 4.79 Å². The highest BCUT2D eigenvalue weighted by molar-refractivity contribution is 6.51. The summed E-state index contributed by atoms with van der Waals surface area (Å²) in [5.41, 5.74) is 9.02. The van der Waals surface area contributed by atoms with Crippen LogP contribution in [0.25, 0.3) is 6.08 Å².